The van der Waals surface area contributed by atoms with Crippen molar-refractivity contribution in [3.63, 3.8) is 0 Å². The van der Waals surface area contributed by atoms with E-state index in [-0.39, 0.29) is 23.4 Å². The number of benzene rings is 2. The van der Waals surface area contributed by atoms with Crippen LogP contribution >= 0.6 is 0 Å². The highest BCUT2D eigenvalue weighted by Crippen LogP contribution is 2.21. The number of hydrogen-bond donors (Lipinski definition) is 1. The lowest BCUT2D eigenvalue weighted by molar-refractivity contribution is 0.0619. The van der Waals surface area contributed by atoms with Gasteiger partial charge in [-0.1, -0.05) is 61.9 Å². The number of amides is 1. The molecule has 1 atom stereocenters. The number of fused-ring (bicyclic) bond motifs is 1. The van der Waals surface area contributed by atoms with Crippen molar-refractivity contribution < 1.29 is 4.79 Å². The van der Waals surface area contributed by atoms with Gasteiger partial charge in [0, 0.05) is 30.8 Å². The summed E-state index contributed by atoms with van der Waals surface area (Å²) in [6, 6.07) is 20.8. The molecule has 0 fully saturated rings. The van der Waals surface area contributed by atoms with Gasteiger partial charge in [-0.3, -0.25) is 14.2 Å². The van der Waals surface area contributed by atoms with Crippen LogP contribution in [0.1, 0.15) is 47.6 Å². The monoisotopic (exact) mass is 497 g/mol. The molecule has 7 nitrogen and oxygen atoms in total. The predicted octanol–water partition coefficient (Wildman–Crippen LogP) is 4.21. The average Bonchev–Trinajstić information content (AvgIpc) is 2.91. The predicted molar refractivity (Wildman–Crippen MR) is 148 cm³/mol. The highest BCUT2D eigenvalue weighted by Gasteiger charge is 2.29. The highest BCUT2D eigenvalue weighted by atomic mass is 16.2. The van der Waals surface area contributed by atoms with Crippen LogP contribution in [0.4, 0.5) is 0 Å². The number of aryl methyl sites for hydroxylation is 1. The molecule has 37 heavy (non-hydrogen) atoms. The van der Waals surface area contributed by atoms with Crippen LogP contribution in [0.2, 0.25) is 0 Å². The number of carbonyl (C=O) groups is 1. The maximum absolute atomic E-state index is 13.7. The van der Waals surface area contributed by atoms with Crippen molar-refractivity contribution in [2.75, 3.05) is 13.1 Å². The molecule has 2 aromatic carbocycles. The lowest BCUT2D eigenvalue weighted by atomic mass is 9.96. The van der Waals surface area contributed by atoms with Gasteiger partial charge in [-0.25, -0.2) is 9.97 Å². The van der Waals surface area contributed by atoms with Crippen molar-refractivity contribution in [1.82, 2.24) is 19.4 Å². The summed E-state index contributed by atoms with van der Waals surface area (Å²) in [5.74, 6) is 0.699. The lowest BCUT2D eigenvalue weighted by Crippen LogP contribution is -2.46. The Morgan fingerprint density at radius 3 is 2.43 bits per heavy atom. The summed E-state index contributed by atoms with van der Waals surface area (Å²) in [6.45, 7) is 7.61. The summed E-state index contributed by atoms with van der Waals surface area (Å²) in [5.41, 5.74) is 8.90. The van der Waals surface area contributed by atoms with Gasteiger partial charge in [-0.05, 0) is 55.6 Å². The zero-order chi connectivity index (χ0) is 26.4. The third kappa shape index (κ3) is 6.12. The average molecular weight is 498 g/mol. The molecule has 0 bridgehead atoms. The maximum Gasteiger partial charge on any atom is 0.263 e. The van der Waals surface area contributed by atoms with Crippen molar-refractivity contribution in [2.45, 2.75) is 46.2 Å². The zero-order valence-electron chi connectivity index (χ0n) is 21.8. The molecular formula is C30H35N5O2. The van der Waals surface area contributed by atoms with E-state index in [0.29, 0.717) is 54.9 Å². The Kier molecular flexibility index (Phi) is 8.46. The number of aromatic nitrogens is 3. The van der Waals surface area contributed by atoms with Crippen LogP contribution in [0.5, 0.6) is 0 Å². The number of nitrogens with zero attached hydrogens (tertiary/aromatic N) is 4. The van der Waals surface area contributed by atoms with Crippen LogP contribution in [0.15, 0.2) is 77.7 Å². The third-order valence-electron chi connectivity index (χ3n) is 6.72. The molecule has 0 aliphatic heterocycles. The van der Waals surface area contributed by atoms with E-state index < -0.39 is 0 Å². The second kappa shape index (κ2) is 11.9. The minimum Gasteiger partial charge on any atom is -0.335 e. The molecule has 7 heteroatoms. The Hall–Kier alpha value is -3.84. The van der Waals surface area contributed by atoms with Crippen LogP contribution in [-0.2, 0) is 13.0 Å². The number of carbonyl (C=O) groups excluding carboxylic acids is 1. The SMILES string of the molecule is Cc1ccc(C(=O)N(CCCN)C(Cc2nc3ncccc3c(=O)n2Cc2ccccc2)C(C)C)cc1. The highest BCUT2D eigenvalue weighted by molar-refractivity contribution is 5.94. The minimum atomic E-state index is -0.185. The van der Waals surface area contributed by atoms with Crippen molar-refractivity contribution >= 4 is 16.9 Å². The molecule has 0 aliphatic carbocycles. The quantitative estimate of drug-likeness (QED) is 0.354. The summed E-state index contributed by atoms with van der Waals surface area (Å²) >= 11 is 0. The summed E-state index contributed by atoms with van der Waals surface area (Å²) < 4.78 is 1.73. The first-order valence-corrected chi connectivity index (χ1v) is 12.8. The van der Waals surface area contributed by atoms with E-state index in [0.717, 1.165) is 11.1 Å². The molecule has 0 saturated heterocycles. The second-order valence-corrected chi connectivity index (χ2v) is 9.80. The van der Waals surface area contributed by atoms with Gasteiger partial charge in [0.05, 0.1) is 11.9 Å². The van der Waals surface area contributed by atoms with Crippen LogP contribution in [0, 0.1) is 12.8 Å². The Bertz CT molecular complexity index is 1400. The summed E-state index contributed by atoms with van der Waals surface area (Å²) in [4.78, 5) is 38.5. The molecule has 4 aromatic rings. The summed E-state index contributed by atoms with van der Waals surface area (Å²) in [5, 5.41) is 0.485. The number of pyridine rings is 1. The van der Waals surface area contributed by atoms with E-state index in [1.165, 1.54) is 0 Å². The molecule has 2 aromatic heterocycles. The van der Waals surface area contributed by atoms with E-state index >= 15 is 0 Å². The maximum atomic E-state index is 13.7. The topological polar surface area (TPSA) is 94.1 Å². The van der Waals surface area contributed by atoms with Crippen LogP contribution in [0.3, 0.4) is 0 Å². The van der Waals surface area contributed by atoms with E-state index in [2.05, 4.69) is 18.8 Å². The van der Waals surface area contributed by atoms with Crippen molar-refractivity contribution in [3.8, 4) is 0 Å². The van der Waals surface area contributed by atoms with E-state index in [4.69, 9.17) is 10.7 Å². The van der Waals surface area contributed by atoms with Crippen LogP contribution in [-0.4, -0.2) is 44.5 Å². The second-order valence-electron chi connectivity index (χ2n) is 9.80. The fraction of sp³-hybridized carbons (Fsp3) is 0.333. The Labute approximate surface area is 218 Å². The standard InChI is InChI=1S/C30H35N5O2/c1-21(2)26(34(18-8-16-31)29(36)24-14-12-22(3)13-15-24)19-27-33-28-25(11-7-17-32-28)30(37)35(27)20-23-9-5-4-6-10-23/h4-7,9-15,17,21,26H,8,16,18-20,31H2,1-3H3. The van der Waals surface area contributed by atoms with Gasteiger partial charge >= 0.3 is 0 Å². The van der Waals surface area contributed by atoms with Crippen LogP contribution in [0.25, 0.3) is 11.0 Å². The fourth-order valence-corrected chi connectivity index (χ4v) is 4.62. The molecule has 0 saturated carbocycles. The van der Waals surface area contributed by atoms with E-state index in [9.17, 15) is 9.59 Å². The Morgan fingerprint density at radius 1 is 1.03 bits per heavy atom. The lowest BCUT2D eigenvalue weighted by Gasteiger charge is -2.35. The first-order valence-electron chi connectivity index (χ1n) is 12.8. The van der Waals surface area contributed by atoms with Crippen molar-refractivity contribution in [2.24, 2.45) is 11.7 Å². The smallest absolute Gasteiger partial charge is 0.263 e. The van der Waals surface area contributed by atoms with Gasteiger partial charge < -0.3 is 10.6 Å². The van der Waals surface area contributed by atoms with Gasteiger partial charge in [0.25, 0.3) is 11.5 Å². The first-order chi connectivity index (χ1) is 17.9. The molecule has 0 radical (unpaired) electrons. The van der Waals surface area contributed by atoms with Crippen LogP contribution < -0.4 is 11.3 Å². The van der Waals surface area contributed by atoms with Gasteiger partial charge in [0.1, 0.15) is 5.82 Å². The fourth-order valence-electron chi connectivity index (χ4n) is 4.62. The molecule has 1 amide bonds. The number of nitrogens with two attached hydrogens (primary N) is 1. The number of hydrogen-bond acceptors (Lipinski definition) is 5. The largest absolute Gasteiger partial charge is 0.335 e. The molecule has 0 aliphatic rings. The molecule has 0 spiro atoms. The van der Waals surface area contributed by atoms with E-state index in [1.54, 1.807) is 22.9 Å². The van der Waals surface area contributed by atoms with E-state index in [1.807, 2.05) is 66.4 Å². The van der Waals surface area contributed by atoms with Gasteiger partial charge in [0.15, 0.2) is 5.65 Å². The minimum absolute atomic E-state index is 0.0389. The van der Waals surface area contributed by atoms with Crippen molar-refractivity contribution in [1.29, 1.82) is 0 Å². The molecular weight excluding hydrogens is 462 g/mol. The van der Waals surface area contributed by atoms with Gasteiger partial charge in [-0.2, -0.15) is 0 Å². The Balaban J connectivity index is 1.78. The molecule has 1 unspecified atom stereocenters. The molecule has 192 valence electrons. The molecule has 2 heterocycles. The summed E-state index contributed by atoms with van der Waals surface area (Å²) in [6.07, 6.45) is 2.76. The van der Waals surface area contributed by atoms with Gasteiger partial charge in [0.2, 0.25) is 0 Å². The Morgan fingerprint density at radius 2 is 1.76 bits per heavy atom. The summed E-state index contributed by atoms with van der Waals surface area (Å²) in [7, 11) is 0. The third-order valence-corrected chi connectivity index (χ3v) is 6.72. The van der Waals surface area contributed by atoms with Crippen molar-refractivity contribution in [3.05, 3.63) is 106 Å². The first kappa shape index (κ1) is 26.2. The zero-order valence-corrected chi connectivity index (χ0v) is 21.8. The molecule has 4 rings (SSSR count). The normalized spacial score (nSPS) is 12.1. The molecule has 2 N–H and O–H groups in total. The van der Waals surface area contributed by atoms with Gasteiger partial charge in [-0.15, -0.1) is 0 Å². The number of rotatable bonds is 10.